The predicted octanol–water partition coefficient (Wildman–Crippen LogP) is 12.6. The molecular weight excluding hydrogens is 1210 g/mol. The minimum absolute atomic E-state index is 0.0154. The van der Waals surface area contributed by atoms with Crippen LogP contribution in [0.4, 0.5) is 0 Å². The molecule has 3 heterocycles. The first-order valence-corrected chi connectivity index (χ1v) is 33.5. The first-order chi connectivity index (χ1) is 37.4. The van der Waals surface area contributed by atoms with Gasteiger partial charge in [0.15, 0.2) is 9.84 Å². The maximum atomic E-state index is 13.4. The summed E-state index contributed by atoms with van der Waals surface area (Å²) in [5, 5.41) is 3.52. The van der Waals surface area contributed by atoms with E-state index < -0.39 is 28.9 Å². The van der Waals surface area contributed by atoms with Gasteiger partial charge in [0.05, 0.1) is 20.4 Å². The summed E-state index contributed by atoms with van der Waals surface area (Å²) in [4.78, 5) is 7.02. The summed E-state index contributed by atoms with van der Waals surface area (Å²) >= 11 is 38.2. The van der Waals surface area contributed by atoms with Crippen molar-refractivity contribution in [1.82, 2.24) is 19.4 Å². The fourth-order valence-corrected chi connectivity index (χ4v) is 15.5. The number of sulfone groups is 1. The molecule has 0 aromatic heterocycles. The molecule has 6 aromatic carbocycles. The lowest BCUT2D eigenvalue weighted by Crippen LogP contribution is -2.31. The van der Waals surface area contributed by atoms with Crippen LogP contribution < -0.4 is 16.2 Å². The van der Waals surface area contributed by atoms with Gasteiger partial charge >= 0.3 is 0 Å². The second kappa shape index (κ2) is 28.0. The highest BCUT2D eigenvalue weighted by atomic mass is 35.7. The van der Waals surface area contributed by atoms with E-state index >= 15 is 0 Å². The van der Waals surface area contributed by atoms with Gasteiger partial charge < -0.3 is 26.2 Å². The predicted molar refractivity (Wildman–Crippen MR) is 325 cm³/mol. The summed E-state index contributed by atoms with van der Waals surface area (Å²) in [5.41, 5.74) is 19.0. The SMILES string of the molecule is CN1Cc2c(Cl)cc(Cl)cc2C(c2cccc(S(=O)(=O)CCCCCNS(=O)(=O)c3cccc(C4CN(C)Cc5c(Cl)cc(Cl)cc54)c3)c2)C1.CN1Cc2c(Cl)cc(Cl)cc2C(c2cccc(S(=O)(=O)Cl)c2)C1.NCCCCN. The van der Waals surface area contributed by atoms with Crippen molar-refractivity contribution >= 4 is 109 Å². The highest BCUT2D eigenvalue weighted by Gasteiger charge is 2.31. The van der Waals surface area contributed by atoms with Gasteiger partial charge in [-0.3, -0.25) is 0 Å². The molecule has 3 unspecified atom stereocenters. The van der Waals surface area contributed by atoms with E-state index in [1.54, 1.807) is 66.7 Å². The van der Waals surface area contributed by atoms with E-state index in [4.69, 9.17) is 91.8 Å². The number of nitrogens with two attached hydrogens (primary N) is 2. The van der Waals surface area contributed by atoms with Gasteiger partial charge in [0.2, 0.25) is 10.0 Å². The van der Waals surface area contributed by atoms with Crippen molar-refractivity contribution in [2.75, 3.05) is 66.2 Å². The topological polar surface area (TPSA) is 176 Å². The molecule has 0 saturated carbocycles. The number of hydrogen-bond acceptors (Lipinski definition) is 11. The second-order valence-electron chi connectivity index (χ2n) is 20.3. The van der Waals surface area contributed by atoms with Crippen LogP contribution in [0, 0.1) is 0 Å². The molecule has 0 amide bonds. The van der Waals surface area contributed by atoms with Crippen molar-refractivity contribution in [3.63, 3.8) is 0 Å². The molecule has 12 nitrogen and oxygen atoms in total. The van der Waals surface area contributed by atoms with Crippen molar-refractivity contribution in [3.05, 3.63) is 189 Å². The third kappa shape index (κ3) is 16.6. The van der Waals surface area contributed by atoms with Gasteiger partial charge in [0.1, 0.15) is 0 Å². The lowest BCUT2D eigenvalue weighted by molar-refractivity contribution is 0.295. The summed E-state index contributed by atoms with van der Waals surface area (Å²) in [6.45, 7) is 6.02. The molecule has 0 fully saturated rings. The summed E-state index contributed by atoms with van der Waals surface area (Å²) < 4.78 is 79.2. The fraction of sp³-hybridized carbons (Fsp3) is 0.368. The number of benzene rings is 6. The number of rotatable bonds is 16. The molecule has 0 bridgehead atoms. The Labute approximate surface area is 501 Å². The average molecular weight is 1270 g/mol. The van der Waals surface area contributed by atoms with Gasteiger partial charge in [-0.15, -0.1) is 0 Å². The molecule has 5 N–H and O–H groups in total. The number of nitrogens with zero attached hydrogens (tertiary/aromatic N) is 3. The Morgan fingerprint density at radius 1 is 0.481 bits per heavy atom. The molecule has 0 spiro atoms. The molecule has 79 heavy (non-hydrogen) atoms. The van der Waals surface area contributed by atoms with Crippen molar-refractivity contribution in [3.8, 4) is 0 Å². The minimum Gasteiger partial charge on any atom is -0.330 e. The molecular formula is C57H65Cl7N6O6S3. The Morgan fingerprint density at radius 2 is 0.848 bits per heavy atom. The lowest BCUT2D eigenvalue weighted by Gasteiger charge is -2.33. The van der Waals surface area contributed by atoms with E-state index in [9.17, 15) is 25.3 Å². The molecule has 22 heteroatoms. The highest BCUT2D eigenvalue weighted by Crippen LogP contribution is 2.42. The standard InChI is InChI=1S/C37H39Cl4N3O4S2.C16H14Cl3NO2S.C4H12N2/c1-43-20-32(30-16-26(38)18-36(40)34(30)22-43)24-8-6-10-28(14-24)49(45,46)13-5-3-4-12-42-50(47,48)29-11-7-9-25(15-29)33-21-44(2)23-35-31(33)17-27(39)19-37(35)41;1-20-8-14(10-3-2-4-12(5-10)23(19,21)22)13-6-11(17)7-16(18)15(13)9-20;5-3-1-2-4-6/h6-11,14-19,32-33,42H,3-5,12-13,20-23H2,1-2H3;2-7,14H,8-9H2,1H3;1-6H2. The zero-order valence-corrected chi connectivity index (χ0v) is 51.8. The normalized spacial score (nSPS) is 17.8. The molecule has 3 atom stereocenters. The van der Waals surface area contributed by atoms with E-state index in [1.807, 2.05) is 57.5 Å². The molecule has 426 valence electrons. The number of unbranched alkanes of at least 4 members (excludes halogenated alkanes) is 3. The molecule has 3 aliphatic heterocycles. The van der Waals surface area contributed by atoms with Crippen LogP contribution in [0.15, 0.2) is 124 Å². The maximum Gasteiger partial charge on any atom is 0.261 e. The number of likely N-dealkylation sites (N-methyl/N-ethyl adjacent to an activating group) is 3. The van der Waals surface area contributed by atoms with Gasteiger partial charge in [0.25, 0.3) is 9.05 Å². The molecule has 9 rings (SSSR count). The van der Waals surface area contributed by atoms with Crippen LogP contribution in [0.3, 0.4) is 0 Å². The Balaban J connectivity index is 0.000000256. The molecule has 0 radical (unpaired) electrons. The summed E-state index contributed by atoms with van der Waals surface area (Å²) in [6.07, 6.45) is 3.59. The van der Waals surface area contributed by atoms with Crippen molar-refractivity contribution < 1.29 is 25.3 Å². The quantitative estimate of drug-likeness (QED) is 0.0621. The van der Waals surface area contributed by atoms with Crippen molar-refractivity contribution in [2.45, 2.75) is 84.2 Å². The molecule has 6 aromatic rings. The number of hydrogen-bond donors (Lipinski definition) is 3. The minimum atomic E-state index is -3.79. The Kier molecular flexibility index (Phi) is 22.5. The molecule has 0 saturated heterocycles. The average Bonchev–Trinajstić information content (AvgIpc) is 3.46. The van der Waals surface area contributed by atoms with E-state index in [0.29, 0.717) is 75.6 Å². The number of nitrogens with one attached hydrogen (secondary N) is 1. The van der Waals surface area contributed by atoms with Crippen LogP contribution >= 0.6 is 80.3 Å². The van der Waals surface area contributed by atoms with Crippen LogP contribution in [-0.4, -0.2) is 106 Å². The Hall–Kier alpha value is -3.04. The smallest absolute Gasteiger partial charge is 0.261 e. The monoisotopic (exact) mass is 1270 g/mol. The number of sulfonamides is 1. The van der Waals surface area contributed by atoms with Gasteiger partial charge in [-0.1, -0.05) is 112 Å². The Bertz CT molecular complexity index is 3330. The van der Waals surface area contributed by atoms with E-state index in [-0.39, 0.29) is 44.7 Å². The van der Waals surface area contributed by atoms with E-state index in [0.717, 1.165) is 89.1 Å². The molecule has 3 aliphatic rings. The highest BCUT2D eigenvalue weighted by molar-refractivity contribution is 8.13. The fourth-order valence-electron chi connectivity index (χ4n) is 10.4. The Morgan fingerprint density at radius 3 is 1.24 bits per heavy atom. The van der Waals surface area contributed by atoms with E-state index in [1.165, 1.54) is 6.07 Å². The van der Waals surface area contributed by atoms with Gasteiger partial charge in [-0.25, -0.2) is 30.0 Å². The van der Waals surface area contributed by atoms with Gasteiger partial charge in [0, 0.05) is 104 Å². The van der Waals surface area contributed by atoms with Crippen LogP contribution in [0.2, 0.25) is 30.1 Å². The lowest BCUT2D eigenvalue weighted by atomic mass is 9.85. The van der Waals surface area contributed by atoms with E-state index in [2.05, 4.69) is 19.4 Å². The molecule has 0 aliphatic carbocycles. The van der Waals surface area contributed by atoms with Crippen LogP contribution in [0.5, 0.6) is 0 Å². The summed E-state index contributed by atoms with van der Waals surface area (Å²) in [5.74, 6) is -0.205. The number of fused-ring (bicyclic) bond motifs is 3. The maximum absolute atomic E-state index is 13.4. The summed E-state index contributed by atoms with van der Waals surface area (Å²) in [6, 6.07) is 31.7. The first-order valence-electron chi connectivity index (χ1n) is 25.7. The zero-order chi connectivity index (χ0) is 57.4. The zero-order valence-electron chi connectivity index (χ0n) is 44.0. The van der Waals surface area contributed by atoms with Crippen molar-refractivity contribution in [2.24, 2.45) is 11.5 Å². The largest absolute Gasteiger partial charge is 0.330 e. The third-order valence-corrected chi connectivity index (χ3v) is 20.5. The van der Waals surface area contributed by atoms with Crippen LogP contribution in [0.1, 0.15) is 99.9 Å². The second-order valence-corrected chi connectivity index (χ2v) is 29.3. The third-order valence-electron chi connectivity index (χ3n) is 14.2. The van der Waals surface area contributed by atoms with Crippen LogP contribution in [-0.2, 0) is 48.5 Å². The number of halogens is 7. The van der Waals surface area contributed by atoms with Gasteiger partial charge in [-0.2, -0.15) is 0 Å². The van der Waals surface area contributed by atoms with Gasteiger partial charge in [-0.05, 0) is 183 Å². The van der Waals surface area contributed by atoms with Crippen LogP contribution in [0.25, 0.3) is 0 Å². The first kappa shape index (κ1) is 63.5. The van der Waals surface area contributed by atoms with Crippen molar-refractivity contribution in [1.29, 1.82) is 0 Å². The summed E-state index contributed by atoms with van der Waals surface area (Å²) in [7, 11) is 0.385.